The van der Waals surface area contributed by atoms with E-state index < -0.39 is 5.82 Å². The minimum atomic E-state index is -0.505. The van der Waals surface area contributed by atoms with Crippen LogP contribution in [0.4, 0.5) is 33.2 Å². The number of hydrogen-bond donors (Lipinski definition) is 2. The molecule has 1 fully saturated rings. The number of hydrogen-bond acceptors (Lipinski definition) is 9. The van der Waals surface area contributed by atoms with Gasteiger partial charge in [0, 0.05) is 44.7 Å². The summed E-state index contributed by atoms with van der Waals surface area (Å²) in [7, 11) is 1.75. The molecule has 0 radical (unpaired) electrons. The van der Waals surface area contributed by atoms with E-state index in [2.05, 4.69) is 53.9 Å². The van der Waals surface area contributed by atoms with Crippen LogP contribution in [0.2, 0.25) is 0 Å². The van der Waals surface area contributed by atoms with Crippen LogP contribution in [0.1, 0.15) is 25.5 Å². The van der Waals surface area contributed by atoms with Crippen LogP contribution >= 0.6 is 0 Å². The first-order valence-corrected chi connectivity index (χ1v) is 11.8. The van der Waals surface area contributed by atoms with Crippen molar-refractivity contribution < 1.29 is 9.13 Å². The van der Waals surface area contributed by atoms with Crippen molar-refractivity contribution in [2.75, 3.05) is 60.4 Å². The van der Waals surface area contributed by atoms with Gasteiger partial charge in [-0.25, -0.2) is 14.8 Å². The molecule has 0 amide bonds. The molecule has 35 heavy (non-hydrogen) atoms. The van der Waals surface area contributed by atoms with E-state index in [0.29, 0.717) is 25.5 Å². The number of halogens is 1. The fourth-order valence-electron chi connectivity index (χ4n) is 3.77. The Kier molecular flexibility index (Phi) is 8.39. The third-order valence-electron chi connectivity index (χ3n) is 5.62. The van der Waals surface area contributed by atoms with Crippen LogP contribution in [0.3, 0.4) is 0 Å². The zero-order valence-electron chi connectivity index (χ0n) is 20.1. The van der Waals surface area contributed by atoms with E-state index in [1.807, 2.05) is 25.1 Å². The first-order chi connectivity index (χ1) is 17.1. The molecule has 3 heterocycles. The Morgan fingerprint density at radius 2 is 2.00 bits per heavy atom. The standard InChI is InChI=1S/C25H31FN8O/c1-3-35-14-13-33(2)24-23(26)18-28-25(31-24)32-29-17-20-9-10-21(16-27-20)30-19-7-6-8-22(15-19)34-11-4-5-12-34/h6-10,15-18,30H,3-5,11-14H2,1-2H3,(H,28,31,32)/b29-17+. The van der Waals surface area contributed by atoms with Gasteiger partial charge < -0.3 is 19.9 Å². The Balaban J connectivity index is 1.33. The first-order valence-electron chi connectivity index (χ1n) is 11.8. The highest BCUT2D eigenvalue weighted by molar-refractivity contribution is 5.78. The molecule has 1 aliphatic rings. The van der Waals surface area contributed by atoms with Gasteiger partial charge in [-0.1, -0.05) is 6.07 Å². The van der Waals surface area contributed by atoms with Crippen molar-refractivity contribution >= 4 is 35.0 Å². The third kappa shape index (κ3) is 6.86. The van der Waals surface area contributed by atoms with E-state index in [-0.39, 0.29) is 11.8 Å². The lowest BCUT2D eigenvalue weighted by Crippen LogP contribution is -2.25. The molecule has 0 saturated carbocycles. The van der Waals surface area contributed by atoms with Crippen molar-refractivity contribution in [2.24, 2.45) is 5.10 Å². The number of hydrazone groups is 1. The lowest BCUT2D eigenvalue weighted by Gasteiger charge is -2.18. The Labute approximate surface area is 205 Å². The summed E-state index contributed by atoms with van der Waals surface area (Å²) >= 11 is 0. The molecule has 2 aromatic heterocycles. The van der Waals surface area contributed by atoms with Crippen molar-refractivity contribution in [1.29, 1.82) is 0 Å². The van der Waals surface area contributed by atoms with Crippen LogP contribution in [0, 0.1) is 5.82 Å². The molecular weight excluding hydrogens is 447 g/mol. The average Bonchev–Trinajstić information content (AvgIpc) is 3.42. The van der Waals surface area contributed by atoms with Crippen molar-refractivity contribution in [3.8, 4) is 0 Å². The summed E-state index contributed by atoms with van der Waals surface area (Å²) in [4.78, 5) is 16.7. The van der Waals surface area contributed by atoms with E-state index in [1.54, 1.807) is 24.4 Å². The van der Waals surface area contributed by atoms with E-state index in [9.17, 15) is 4.39 Å². The maximum Gasteiger partial charge on any atom is 0.245 e. The number of rotatable bonds is 11. The lowest BCUT2D eigenvalue weighted by molar-refractivity contribution is 0.154. The maximum absolute atomic E-state index is 14.1. The predicted molar refractivity (Wildman–Crippen MR) is 138 cm³/mol. The summed E-state index contributed by atoms with van der Waals surface area (Å²) in [5.74, 6) is -0.133. The third-order valence-corrected chi connectivity index (χ3v) is 5.62. The Hall–Kier alpha value is -3.79. The van der Waals surface area contributed by atoms with Gasteiger partial charge in [0.15, 0.2) is 11.6 Å². The van der Waals surface area contributed by atoms with E-state index in [0.717, 1.165) is 30.7 Å². The minimum absolute atomic E-state index is 0.180. The number of aromatic nitrogens is 3. The van der Waals surface area contributed by atoms with Crippen LogP contribution in [0.15, 0.2) is 53.9 Å². The Bertz CT molecular complexity index is 1120. The molecule has 0 unspecified atom stereocenters. The number of benzene rings is 1. The molecule has 1 saturated heterocycles. The van der Waals surface area contributed by atoms with E-state index in [1.165, 1.54) is 18.5 Å². The van der Waals surface area contributed by atoms with Gasteiger partial charge >= 0.3 is 0 Å². The van der Waals surface area contributed by atoms with Gasteiger partial charge in [-0.05, 0) is 50.1 Å². The average molecular weight is 479 g/mol. The number of nitrogens with zero attached hydrogens (tertiary/aromatic N) is 6. The fraction of sp³-hybridized carbons (Fsp3) is 0.360. The van der Waals surface area contributed by atoms with Gasteiger partial charge in [0.2, 0.25) is 5.95 Å². The number of likely N-dealkylation sites (N-methyl/N-ethyl adjacent to an activating group) is 1. The maximum atomic E-state index is 14.1. The van der Waals surface area contributed by atoms with Gasteiger partial charge in [0.1, 0.15) is 0 Å². The van der Waals surface area contributed by atoms with Gasteiger partial charge in [-0.2, -0.15) is 10.1 Å². The molecule has 184 valence electrons. The van der Waals surface area contributed by atoms with Crippen LogP contribution in [-0.2, 0) is 4.74 Å². The Morgan fingerprint density at radius 3 is 2.77 bits per heavy atom. The summed E-state index contributed by atoms with van der Waals surface area (Å²) in [5, 5.41) is 7.53. The monoisotopic (exact) mass is 478 g/mol. The fourth-order valence-corrected chi connectivity index (χ4v) is 3.77. The number of anilines is 5. The van der Waals surface area contributed by atoms with Gasteiger partial charge in [0.25, 0.3) is 0 Å². The SMILES string of the molecule is CCOCCN(C)c1nc(N/N=C/c2ccc(Nc3cccc(N4CCCC4)c3)cn2)ncc1F. The first kappa shape index (κ1) is 24.3. The topological polar surface area (TPSA) is 90.8 Å². The van der Waals surface area contributed by atoms with Crippen LogP contribution in [0.25, 0.3) is 0 Å². The molecule has 2 N–H and O–H groups in total. The highest BCUT2D eigenvalue weighted by atomic mass is 19.1. The van der Waals surface area contributed by atoms with Gasteiger partial charge in [-0.15, -0.1) is 0 Å². The molecular formula is C25H31FN8O. The summed E-state index contributed by atoms with van der Waals surface area (Å²) in [6.07, 6.45) is 6.93. The van der Waals surface area contributed by atoms with Crippen LogP contribution in [0.5, 0.6) is 0 Å². The Morgan fingerprint density at radius 1 is 1.14 bits per heavy atom. The largest absolute Gasteiger partial charge is 0.380 e. The minimum Gasteiger partial charge on any atom is -0.380 e. The molecule has 1 aromatic carbocycles. The smallest absolute Gasteiger partial charge is 0.245 e. The van der Waals surface area contributed by atoms with Crippen molar-refractivity contribution in [1.82, 2.24) is 15.0 Å². The quantitative estimate of drug-likeness (QED) is 0.240. The van der Waals surface area contributed by atoms with Crippen LogP contribution < -0.4 is 20.5 Å². The van der Waals surface area contributed by atoms with E-state index >= 15 is 0 Å². The van der Waals surface area contributed by atoms with Crippen molar-refractivity contribution in [2.45, 2.75) is 19.8 Å². The second-order valence-corrected chi connectivity index (χ2v) is 8.19. The van der Waals surface area contributed by atoms with Crippen molar-refractivity contribution in [3.63, 3.8) is 0 Å². The number of nitrogens with one attached hydrogen (secondary N) is 2. The highest BCUT2D eigenvalue weighted by Gasteiger charge is 2.13. The molecule has 0 atom stereocenters. The normalized spacial score (nSPS) is 13.4. The molecule has 0 aliphatic carbocycles. The highest BCUT2D eigenvalue weighted by Crippen LogP contribution is 2.25. The predicted octanol–water partition coefficient (Wildman–Crippen LogP) is 4.27. The summed E-state index contributed by atoms with van der Waals surface area (Å²) in [6.45, 7) is 5.75. The summed E-state index contributed by atoms with van der Waals surface area (Å²) in [5.41, 5.74) is 6.54. The number of ether oxygens (including phenoxy) is 1. The van der Waals surface area contributed by atoms with E-state index in [4.69, 9.17) is 4.74 Å². The summed E-state index contributed by atoms with van der Waals surface area (Å²) < 4.78 is 19.4. The van der Waals surface area contributed by atoms with Crippen molar-refractivity contribution in [3.05, 3.63) is 60.3 Å². The molecule has 4 rings (SSSR count). The number of pyridine rings is 1. The van der Waals surface area contributed by atoms with Gasteiger partial charge in [0.05, 0.1) is 36.6 Å². The second kappa shape index (κ2) is 12.1. The van der Waals surface area contributed by atoms with Gasteiger partial charge in [-0.3, -0.25) is 4.98 Å². The zero-order chi connectivity index (χ0) is 24.5. The molecule has 9 nitrogen and oxygen atoms in total. The van der Waals surface area contributed by atoms with Crippen LogP contribution in [-0.4, -0.2) is 61.1 Å². The lowest BCUT2D eigenvalue weighted by atomic mass is 10.2. The molecule has 0 spiro atoms. The summed E-state index contributed by atoms with van der Waals surface area (Å²) in [6, 6.07) is 12.2. The molecule has 1 aliphatic heterocycles. The zero-order valence-corrected chi connectivity index (χ0v) is 20.1. The molecule has 3 aromatic rings. The molecule has 0 bridgehead atoms. The second-order valence-electron chi connectivity index (χ2n) is 8.19. The molecule has 10 heteroatoms.